The molecule has 0 atom stereocenters. The quantitative estimate of drug-likeness (QED) is 0.589. The summed E-state index contributed by atoms with van der Waals surface area (Å²) in [6.07, 6.45) is 4.88. The summed E-state index contributed by atoms with van der Waals surface area (Å²) in [5.41, 5.74) is 1.98. The molecule has 1 aliphatic heterocycles. The van der Waals surface area contributed by atoms with Gasteiger partial charge in [-0.25, -0.2) is 28.4 Å². The van der Waals surface area contributed by atoms with E-state index in [2.05, 4.69) is 24.8 Å². The van der Waals surface area contributed by atoms with Crippen LogP contribution in [0.25, 0.3) is 5.82 Å². The molecule has 0 radical (unpaired) electrons. The van der Waals surface area contributed by atoms with Crippen LogP contribution in [0.5, 0.6) is 0 Å². The molecule has 1 fully saturated rings. The van der Waals surface area contributed by atoms with Crippen LogP contribution in [0.1, 0.15) is 37.0 Å². The van der Waals surface area contributed by atoms with Gasteiger partial charge in [0.2, 0.25) is 0 Å². The van der Waals surface area contributed by atoms with Crippen molar-refractivity contribution >= 4 is 15.8 Å². The van der Waals surface area contributed by atoms with Crippen LogP contribution in [-0.2, 0) is 17.1 Å². The second-order valence-corrected chi connectivity index (χ2v) is 10.00. The fourth-order valence-corrected chi connectivity index (χ4v) is 5.18. The summed E-state index contributed by atoms with van der Waals surface area (Å²) in [6, 6.07) is 1.91. The van der Waals surface area contributed by atoms with E-state index in [9.17, 15) is 8.42 Å². The molecule has 31 heavy (non-hydrogen) atoms. The van der Waals surface area contributed by atoms with E-state index >= 15 is 0 Å². The number of rotatable bonds is 5. The summed E-state index contributed by atoms with van der Waals surface area (Å²) in [4.78, 5) is 19.6. The number of aromatic nitrogens is 6. The molecule has 0 spiro atoms. The molecule has 0 amide bonds. The lowest BCUT2D eigenvalue weighted by atomic mass is 10.2. The number of hydrogen-bond acceptors (Lipinski definition) is 7. The third kappa shape index (κ3) is 3.94. The van der Waals surface area contributed by atoms with Gasteiger partial charge in [0.25, 0.3) is 10.0 Å². The van der Waals surface area contributed by atoms with E-state index in [1.807, 2.05) is 45.4 Å². The Morgan fingerprint density at radius 3 is 2.26 bits per heavy atom. The van der Waals surface area contributed by atoms with E-state index in [4.69, 9.17) is 0 Å². The predicted molar refractivity (Wildman–Crippen MR) is 117 cm³/mol. The average molecular weight is 445 g/mol. The van der Waals surface area contributed by atoms with Crippen molar-refractivity contribution in [1.29, 1.82) is 0 Å². The number of piperazine rings is 1. The molecule has 0 unspecified atom stereocenters. The lowest BCUT2D eigenvalue weighted by molar-refractivity contribution is 0.382. The highest BCUT2D eigenvalue weighted by atomic mass is 32.2. The van der Waals surface area contributed by atoms with Crippen LogP contribution in [0, 0.1) is 13.8 Å². The number of imidazole rings is 2. The maximum absolute atomic E-state index is 13.1. The normalized spacial score (nSPS) is 15.7. The highest BCUT2D eigenvalue weighted by molar-refractivity contribution is 7.89. The minimum Gasteiger partial charge on any atom is -0.354 e. The number of anilines is 1. The topological polar surface area (TPSA) is 102 Å². The smallest absolute Gasteiger partial charge is 0.262 e. The van der Waals surface area contributed by atoms with Crippen molar-refractivity contribution in [3.8, 4) is 5.82 Å². The van der Waals surface area contributed by atoms with Gasteiger partial charge in [0, 0.05) is 57.1 Å². The van der Waals surface area contributed by atoms with Crippen LogP contribution in [0.4, 0.5) is 5.82 Å². The third-order valence-corrected chi connectivity index (χ3v) is 7.48. The first kappa shape index (κ1) is 21.4. The lowest BCUT2D eigenvalue weighted by Gasteiger charge is -2.34. The molecule has 3 aromatic heterocycles. The zero-order valence-electron chi connectivity index (χ0n) is 18.5. The largest absolute Gasteiger partial charge is 0.354 e. The molecule has 0 saturated carbocycles. The molecule has 166 valence electrons. The number of sulfonamides is 1. The van der Waals surface area contributed by atoms with Gasteiger partial charge in [-0.05, 0) is 13.8 Å². The van der Waals surface area contributed by atoms with Gasteiger partial charge in [-0.3, -0.25) is 4.57 Å². The van der Waals surface area contributed by atoms with Crippen LogP contribution >= 0.6 is 0 Å². The zero-order chi connectivity index (χ0) is 22.3. The molecule has 3 aromatic rings. The maximum atomic E-state index is 13.1. The molecule has 11 heteroatoms. The summed E-state index contributed by atoms with van der Waals surface area (Å²) in [6.45, 7) is 9.79. The van der Waals surface area contributed by atoms with E-state index in [0.717, 1.165) is 28.8 Å². The van der Waals surface area contributed by atoms with Gasteiger partial charge >= 0.3 is 0 Å². The van der Waals surface area contributed by atoms with Gasteiger partial charge < -0.3 is 9.47 Å². The Morgan fingerprint density at radius 1 is 1.00 bits per heavy atom. The van der Waals surface area contributed by atoms with Crippen molar-refractivity contribution in [3.05, 3.63) is 42.1 Å². The zero-order valence-corrected chi connectivity index (χ0v) is 19.3. The van der Waals surface area contributed by atoms with Gasteiger partial charge in [0.05, 0.1) is 5.69 Å². The first-order chi connectivity index (χ1) is 14.7. The van der Waals surface area contributed by atoms with Crippen molar-refractivity contribution in [2.24, 2.45) is 7.05 Å². The Hall–Kier alpha value is -2.79. The number of nitrogens with zero attached hydrogens (tertiary/aromatic N) is 8. The molecule has 10 nitrogen and oxygen atoms in total. The van der Waals surface area contributed by atoms with Crippen LogP contribution in [0.2, 0.25) is 0 Å². The molecule has 4 heterocycles. The van der Waals surface area contributed by atoms with Crippen molar-refractivity contribution in [2.75, 3.05) is 31.1 Å². The van der Waals surface area contributed by atoms with Crippen LogP contribution in [0.3, 0.4) is 0 Å². The summed E-state index contributed by atoms with van der Waals surface area (Å²) in [5.74, 6) is 2.43. The fraction of sp³-hybridized carbons (Fsp3) is 0.500. The highest BCUT2D eigenvalue weighted by Crippen LogP contribution is 2.23. The Morgan fingerprint density at radius 2 is 1.68 bits per heavy atom. The molecule has 0 bridgehead atoms. The van der Waals surface area contributed by atoms with Gasteiger partial charge in [-0.2, -0.15) is 4.31 Å². The SMILES string of the molecule is Cc1ncn(-c2cc(N3CCN(S(=O)(=O)c4cn(C)c(C(C)C)n4)CC3)ncn2)c1C. The van der Waals surface area contributed by atoms with E-state index in [-0.39, 0.29) is 10.9 Å². The number of hydrogen-bond donors (Lipinski definition) is 0. The molecule has 0 N–H and O–H groups in total. The lowest BCUT2D eigenvalue weighted by Crippen LogP contribution is -2.49. The minimum absolute atomic E-state index is 0.113. The Bertz CT molecular complexity index is 1190. The van der Waals surface area contributed by atoms with Crippen molar-refractivity contribution in [3.63, 3.8) is 0 Å². The first-order valence-corrected chi connectivity index (χ1v) is 11.7. The predicted octanol–water partition coefficient (Wildman–Crippen LogP) is 1.65. The highest BCUT2D eigenvalue weighted by Gasteiger charge is 2.31. The van der Waals surface area contributed by atoms with Gasteiger partial charge in [0.15, 0.2) is 5.03 Å². The van der Waals surface area contributed by atoms with E-state index in [1.165, 1.54) is 10.6 Å². The fourth-order valence-electron chi connectivity index (χ4n) is 3.77. The first-order valence-electron chi connectivity index (χ1n) is 10.3. The Balaban J connectivity index is 1.49. The summed E-state index contributed by atoms with van der Waals surface area (Å²) in [5, 5.41) is 0.113. The summed E-state index contributed by atoms with van der Waals surface area (Å²) < 4.78 is 31.4. The van der Waals surface area contributed by atoms with E-state index < -0.39 is 10.0 Å². The van der Waals surface area contributed by atoms with Crippen LogP contribution < -0.4 is 4.90 Å². The van der Waals surface area contributed by atoms with Crippen molar-refractivity contribution in [2.45, 2.75) is 38.6 Å². The third-order valence-electron chi connectivity index (χ3n) is 5.71. The van der Waals surface area contributed by atoms with Gasteiger partial charge in [-0.15, -0.1) is 0 Å². The second kappa shape index (κ2) is 8.04. The Labute approximate surface area is 182 Å². The van der Waals surface area contributed by atoms with Gasteiger partial charge in [-0.1, -0.05) is 13.8 Å². The maximum Gasteiger partial charge on any atom is 0.262 e. The Kier molecular flexibility index (Phi) is 5.56. The van der Waals surface area contributed by atoms with Gasteiger partial charge in [0.1, 0.15) is 30.1 Å². The monoisotopic (exact) mass is 444 g/mol. The molecular weight excluding hydrogens is 416 g/mol. The minimum atomic E-state index is -3.63. The van der Waals surface area contributed by atoms with Crippen LogP contribution in [-0.4, -0.2) is 68.0 Å². The summed E-state index contributed by atoms with van der Waals surface area (Å²) >= 11 is 0. The van der Waals surface area contributed by atoms with Crippen LogP contribution in [0.15, 0.2) is 29.9 Å². The second-order valence-electron chi connectivity index (χ2n) is 8.11. The molecular formula is C20H28N8O2S. The molecule has 4 rings (SSSR count). The van der Waals surface area contributed by atoms with Crippen molar-refractivity contribution in [1.82, 2.24) is 33.4 Å². The van der Waals surface area contributed by atoms with E-state index in [1.54, 1.807) is 17.1 Å². The van der Waals surface area contributed by atoms with Crippen molar-refractivity contribution < 1.29 is 8.42 Å². The molecule has 0 aliphatic carbocycles. The molecule has 0 aromatic carbocycles. The van der Waals surface area contributed by atoms with E-state index in [0.29, 0.717) is 26.2 Å². The standard InChI is InChI=1S/C20H28N8O2S/c1-14(2)20-24-19(11-25(20)5)31(29,30)27-8-6-26(7-9-27)17-10-18(22-12-21-17)28-13-23-15(3)16(28)4/h10-14H,6-9H2,1-5H3. The average Bonchev–Trinajstić information content (AvgIpc) is 3.31. The number of aryl methyl sites for hydroxylation is 2. The molecule has 1 aliphatic rings. The molecule has 1 saturated heterocycles. The summed E-state index contributed by atoms with van der Waals surface area (Å²) in [7, 11) is -1.80.